The molecule has 0 unspecified atom stereocenters. The molecule has 3 saturated carbocycles. The Morgan fingerprint density at radius 2 is 2.00 bits per heavy atom. The Hall–Kier alpha value is -0.0400. The lowest BCUT2D eigenvalue weighted by molar-refractivity contribution is -0.126. The van der Waals surface area contributed by atoms with Crippen LogP contribution in [0, 0.1) is 29.1 Å². The van der Waals surface area contributed by atoms with Crippen LogP contribution >= 0.6 is 0 Å². The van der Waals surface area contributed by atoms with Crippen molar-refractivity contribution in [2.24, 2.45) is 34.8 Å². The predicted octanol–water partition coefficient (Wildman–Crippen LogP) is 2.26. The molecular weight excluding hydrogens is 146 g/mol. The lowest BCUT2D eigenvalue weighted by Crippen LogP contribution is -2.56. The zero-order valence-corrected chi connectivity index (χ0v) is 8.51. The van der Waals surface area contributed by atoms with Crippen molar-refractivity contribution in [3.63, 3.8) is 0 Å². The van der Waals surface area contributed by atoms with Crippen LogP contribution in [0.1, 0.15) is 33.6 Å². The van der Waals surface area contributed by atoms with Crippen LogP contribution in [0.3, 0.4) is 0 Å². The van der Waals surface area contributed by atoms with E-state index in [1.165, 1.54) is 12.8 Å². The summed E-state index contributed by atoms with van der Waals surface area (Å²) < 4.78 is 0. The second-order valence-corrected chi connectivity index (χ2v) is 5.45. The van der Waals surface area contributed by atoms with E-state index in [0.29, 0.717) is 5.41 Å². The third-order valence-electron chi connectivity index (χ3n) is 4.81. The second kappa shape index (κ2) is 2.47. The Kier molecular flexibility index (Phi) is 1.76. The van der Waals surface area contributed by atoms with E-state index < -0.39 is 0 Å². The van der Waals surface area contributed by atoms with Crippen LogP contribution < -0.4 is 5.73 Å². The number of fused-ring (bicyclic) bond motifs is 2. The lowest BCUT2D eigenvalue weighted by atomic mass is 9.43. The van der Waals surface area contributed by atoms with Gasteiger partial charge in [0.15, 0.2) is 0 Å². The minimum absolute atomic E-state index is 0.630. The Morgan fingerprint density at radius 3 is 2.42 bits per heavy atom. The molecule has 0 amide bonds. The molecule has 2 bridgehead atoms. The van der Waals surface area contributed by atoms with E-state index in [0.717, 1.165) is 30.2 Å². The number of rotatable bonds is 1. The minimum atomic E-state index is 0.630. The Labute approximate surface area is 75.7 Å². The van der Waals surface area contributed by atoms with Crippen LogP contribution in [0.2, 0.25) is 0 Å². The molecule has 3 fully saturated rings. The first kappa shape index (κ1) is 8.55. The molecule has 2 N–H and O–H groups in total. The average Bonchev–Trinajstić information content (AvgIpc) is 2.03. The van der Waals surface area contributed by atoms with E-state index in [1.807, 2.05) is 0 Å². The number of hydrogen-bond donors (Lipinski definition) is 1. The van der Waals surface area contributed by atoms with Crippen LogP contribution in [-0.4, -0.2) is 6.54 Å². The van der Waals surface area contributed by atoms with E-state index in [1.54, 1.807) is 0 Å². The molecule has 0 spiro atoms. The molecule has 3 rings (SSSR count). The Balaban J connectivity index is 2.11. The van der Waals surface area contributed by atoms with E-state index in [-0.39, 0.29) is 0 Å². The van der Waals surface area contributed by atoms with Crippen molar-refractivity contribution < 1.29 is 0 Å². The summed E-state index contributed by atoms with van der Waals surface area (Å²) in [7, 11) is 0. The van der Waals surface area contributed by atoms with Crippen LogP contribution in [0.15, 0.2) is 0 Å². The zero-order valence-electron chi connectivity index (χ0n) is 8.51. The normalized spacial score (nSPS) is 50.0. The molecule has 0 aromatic heterocycles. The van der Waals surface area contributed by atoms with Crippen LogP contribution in [0.5, 0.6) is 0 Å². The summed E-state index contributed by atoms with van der Waals surface area (Å²) in [6.07, 6.45) is 2.87. The van der Waals surface area contributed by atoms with Gasteiger partial charge in [-0.2, -0.15) is 0 Å². The predicted molar refractivity (Wildman–Crippen MR) is 51.7 cm³/mol. The van der Waals surface area contributed by atoms with Crippen LogP contribution in [0.25, 0.3) is 0 Å². The van der Waals surface area contributed by atoms with Gasteiger partial charge in [-0.25, -0.2) is 0 Å². The molecule has 4 atom stereocenters. The molecule has 70 valence electrons. The SMILES string of the molecule is C[C@@H]1[C@@H](CN)C[C@@H]2C[C@@H]1C2(C)C. The molecule has 3 aliphatic carbocycles. The van der Waals surface area contributed by atoms with Crippen molar-refractivity contribution >= 4 is 0 Å². The van der Waals surface area contributed by atoms with E-state index >= 15 is 0 Å². The highest BCUT2D eigenvalue weighted by atomic mass is 14.7. The van der Waals surface area contributed by atoms with Gasteiger partial charge in [-0.05, 0) is 48.5 Å². The van der Waals surface area contributed by atoms with Crippen molar-refractivity contribution in [2.75, 3.05) is 6.54 Å². The molecule has 3 aliphatic rings. The highest BCUT2D eigenvalue weighted by molar-refractivity contribution is 5.04. The van der Waals surface area contributed by atoms with E-state index in [4.69, 9.17) is 5.73 Å². The fraction of sp³-hybridized carbons (Fsp3) is 1.00. The molecule has 12 heavy (non-hydrogen) atoms. The van der Waals surface area contributed by atoms with Crippen molar-refractivity contribution in [3.8, 4) is 0 Å². The first-order valence-corrected chi connectivity index (χ1v) is 5.27. The van der Waals surface area contributed by atoms with Gasteiger partial charge in [0, 0.05) is 0 Å². The summed E-state index contributed by atoms with van der Waals surface area (Å²) in [5, 5.41) is 0. The molecule has 0 aromatic carbocycles. The van der Waals surface area contributed by atoms with Gasteiger partial charge in [-0.3, -0.25) is 0 Å². The summed E-state index contributed by atoms with van der Waals surface area (Å²) in [5.74, 6) is 3.63. The van der Waals surface area contributed by atoms with Gasteiger partial charge in [0.2, 0.25) is 0 Å². The van der Waals surface area contributed by atoms with E-state index in [9.17, 15) is 0 Å². The van der Waals surface area contributed by atoms with Gasteiger partial charge in [0.25, 0.3) is 0 Å². The van der Waals surface area contributed by atoms with Crippen molar-refractivity contribution in [1.82, 2.24) is 0 Å². The Bertz CT molecular complexity index is 185. The van der Waals surface area contributed by atoms with Crippen molar-refractivity contribution in [1.29, 1.82) is 0 Å². The number of hydrogen-bond acceptors (Lipinski definition) is 1. The van der Waals surface area contributed by atoms with Gasteiger partial charge in [-0.15, -0.1) is 0 Å². The first-order chi connectivity index (χ1) is 5.57. The summed E-state index contributed by atoms with van der Waals surface area (Å²) in [4.78, 5) is 0. The minimum Gasteiger partial charge on any atom is -0.330 e. The summed E-state index contributed by atoms with van der Waals surface area (Å²) >= 11 is 0. The standard InChI is InChI=1S/C11H21N/c1-7-8(6-12)4-9-5-10(7)11(9,2)3/h7-10H,4-6,12H2,1-3H3/t7-,8-,9-,10+/m1/s1. The summed E-state index contributed by atoms with van der Waals surface area (Å²) in [6, 6.07) is 0. The maximum atomic E-state index is 5.77. The molecule has 0 radical (unpaired) electrons. The maximum absolute atomic E-state index is 5.77. The van der Waals surface area contributed by atoms with Crippen LogP contribution in [0.4, 0.5) is 0 Å². The molecule has 1 heteroatoms. The fourth-order valence-electron chi connectivity index (χ4n) is 3.57. The summed E-state index contributed by atoms with van der Waals surface area (Å²) in [6.45, 7) is 8.19. The lowest BCUT2D eigenvalue weighted by Gasteiger charge is -2.62. The largest absolute Gasteiger partial charge is 0.330 e. The fourth-order valence-corrected chi connectivity index (χ4v) is 3.57. The molecular formula is C11H21N. The molecule has 0 aromatic rings. The summed E-state index contributed by atoms with van der Waals surface area (Å²) in [5.41, 5.74) is 6.40. The number of nitrogens with two attached hydrogens (primary N) is 1. The van der Waals surface area contributed by atoms with Crippen molar-refractivity contribution in [3.05, 3.63) is 0 Å². The van der Waals surface area contributed by atoms with Gasteiger partial charge in [-0.1, -0.05) is 20.8 Å². The average molecular weight is 167 g/mol. The van der Waals surface area contributed by atoms with Gasteiger partial charge in [0.1, 0.15) is 0 Å². The highest BCUT2D eigenvalue weighted by Crippen LogP contribution is 2.62. The van der Waals surface area contributed by atoms with Crippen molar-refractivity contribution in [2.45, 2.75) is 33.6 Å². The quantitative estimate of drug-likeness (QED) is 0.637. The van der Waals surface area contributed by atoms with Crippen LogP contribution in [-0.2, 0) is 0 Å². The Morgan fingerprint density at radius 1 is 1.33 bits per heavy atom. The monoisotopic (exact) mass is 167 g/mol. The highest BCUT2D eigenvalue weighted by Gasteiger charge is 2.55. The molecule has 0 aliphatic heterocycles. The zero-order chi connectivity index (χ0) is 8.93. The topological polar surface area (TPSA) is 26.0 Å². The second-order valence-electron chi connectivity index (χ2n) is 5.45. The van der Waals surface area contributed by atoms with Gasteiger partial charge >= 0.3 is 0 Å². The third-order valence-corrected chi connectivity index (χ3v) is 4.81. The third kappa shape index (κ3) is 0.891. The smallest absolute Gasteiger partial charge is 0.00461 e. The van der Waals surface area contributed by atoms with Gasteiger partial charge in [0.05, 0.1) is 0 Å². The van der Waals surface area contributed by atoms with E-state index in [2.05, 4.69) is 20.8 Å². The molecule has 0 saturated heterocycles. The van der Waals surface area contributed by atoms with Gasteiger partial charge < -0.3 is 5.73 Å². The maximum Gasteiger partial charge on any atom is -0.00461 e. The first-order valence-electron chi connectivity index (χ1n) is 5.27. The molecule has 0 heterocycles. The molecule has 1 nitrogen and oxygen atoms in total.